The van der Waals surface area contributed by atoms with Gasteiger partial charge in [0.2, 0.25) is 0 Å². The van der Waals surface area contributed by atoms with Crippen LogP contribution in [0.2, 0.25) is 5.02 Å². The number of para-hydroxylation sites is 1. The molecule has 1 heterocycles. The molecule has 0 spiro atoms. The van der Waals surface area contributed by atoms with Gasteiger partial charge in [-0.2, -0.15) is 0 Å². The zero-order chi connectivity index (χ0) is 15.7. The van der Waals surface area contributed by atoms with Crippen molar-refractivity contribution in [1.29, 1.82) is 0 Å². The highest BCUT2D eigenvalue weighted by Crippen LogP contribution is 2.39. The van der Waals surface area contributed by atoms with E-state index in [0.29, 0.717) is 10.7 Å². The molecule has 22 heavy (non-hydrogen) atoms. The number of allylic oxidation sites excluding steroid dienone is 1. The zero-order valence-electron chi connectivity index (χ0n) is 11.9. The van der Waals surface area contributed by atoms with Gasteiger partial charge in [0.1, 0.15) is 5.69 Å². The molecule has 0 aliphatic carbocycles. The summed E-state index contributed by atoms with van der Waals surface area (Å²) in [5.74, 6) is 0. The molecule has 110 valence electrons. The average Bonchev–Trinajstić information content (AvgIpc) is 2.87. The topological polar surface area (TPSA) is 22.0 Å². The van der Waals surface area contributed by atoms with Crippen LogP contribution in [0.3, 0.4) is 0 Å². The van der Waals surface area contributed by atoms with Crippen molar-refractivity contribution in [2.75, 3.05) is 0 Å². The Bertz CT molecular complexity index is 854. The maximum atomic E-state index is 11.5. The molecule has 0 amide bonds. The van der Waals surface area contributed by atoms with Crippen LogP contribution in [0, 0.1) is 0 Å². The van der Waals surface area contributed by atoms with Gasteiger partial charge < -0.3 is 4.57 Å². The second-order valence-electron chi connectivity index (χ2n) is 5.05. The number of hydrogen-bond acceptors (Lipinski definition) is 1. The lowest BCUT2D eigenvalue weighted by Gasteiger charge is -2.18. The van der Waals surface area contributed by atoms with Crippen molar-refractivity contribution in [3.8, 4) is 0 Å². The Kier molecular flexibility index (Phi) is 4.15. The van der Waals surface area contributed by atoms with Gasteiger partial charge in [0, 0.05) is 16.7 Å². The van der Waals surface area contributed by atoms with E-state index in [1.54, 1.807) is 0 Å². The molecule has 0 saturated carbocycles. The second kappa shape index (κ2) is 6.08. The van der Waals surface area contributed by atoms with E-state index in [1.807, 2.05) is 59.2 Å². The van der Waals surface area contributed by atoms with E-state index in [4.69, 9.17) is 11.6 Å². The average molecular weight is 328 g/mol. The molecule has 0 fully saturated rings. The van der Waals surface area contributed by atoms with Crippen molar-refractivity contribution in [2.45, 2.75) is 5.66 Å². The summed E-state index contributed by atoms with van der Waals surface area (Å²) in [5.41, 5.74) is 3.23. The maximum absolute atomic E-state index is 11.5. The molecule has 3 rings (SSSR count). The van der Waals surface area contributed by atoms with Crippen LogP contribution in [0.25, 0.3) is 16.6 Å². The standard InChI is InChI=1S/C18H15ClNOP/c1-12(18(22)13-7-3-2-4-8-13)20-15-10-6-5-9-14(15)17(19)16(20)11-21/h2-11,18H,1,22H2. The zero-order valence-corrected chi connectivity index (χ0v) is 13.8. The van der Waals surface area contributed by atoms with Crippen molar-refractivity contribution in [1.82, 2.24) is 4.57 Å². The fraction of sp³-hybridized carbons (Fsp3) is 0.0556. The summed E-state index contributed by atoms with van der Waals surface area (Å²) in [7, 11) is 2.78. The first-order chi connectivity index (χ1) is 10.6. The Hall–Kier alpha value is -1.89. The minimum Gasteiger partial charge on any atom is -0.309 e. The van der Waals surface area contributed by atoms with Crippen LogP contribution in [-0.4, -0.2) is 10.9 Å². The van der Waals surface area contributed by atoms with Crippen molar-refractivity contribution < 1.29 is 4.79 Å². The van der Waals surface area contributed by atoms with Gasteiger partial charge in [-0.25, -0.2) is 0 Å². The fourth-order valence-electron chi connectivity index (χ4n) is 2.63. The first kappa shape index (κ1) is 15.0. The van der Waals surface area contributed by atoms with E-state index < -0.39 is 0 Å². The third-order valence-electron chi connectivity index (χ3n) is 3.76. The predicted molar refractivity (Wildman–Crippen MR) is 96.6 cm³/mol. The van der Waals surface area contributed by atoms with Gasteiger partial charge in [0.15, 0.2) is 6.29 Å². The number of benzene rings is 2. The molecular weight excluding hydrogens is 313 g/mol. The van der Waals surface area contributed by atoms with Crippen LogP contribution in [-0.2, 0) is 0 Å². The lowest BCUT2D eigenvalue weighted by Crippen LogP contribution is -2.05. The van der Waals surface area contributed by atoms with E-state index >= 15 is 0 Å². The Balaban J connectivity index is 2.17. The van der Waals surface area contributed by atoms with Crippen LogP contribution < -0.4 is 0 Å². The number of hydrogen-bond donors (Lipinski definition) is 0. The molecule has 0 saturated heterocycles. The molecule has 0 radical (unpaired) electrons. The first-order valence-electron chi connectivity index (χ1n) is 6.89. The fourth-order valence-corrected chi connectivity index (χ4v) is 3.29. The molecule has 2 unspecified atom stereocenters. The number of carbonyl (C=O) groups excluding carboxylic acids is 1. The van der Waals surface area contributed by atoms with E-state index in [2.05, 4.69) is 15.8 Å². The molecule has 2 atom stereocenters. The highest BCUT2D eigenvalue weighted by atomic mass is 35.5. The SMILES string of the molecule is C=C(C(P)c1ccccc1)n1c(C=O)c(Cl)c2ccccc21. The molecular formula is C18H15ClNOP. The van der Waals surface area contributed by atoms with Crippen molar-refractivity contribution in [3.63, 3.8) is 0 Å². The van der Waals surface area contributed by atoms with Gasteiger partial charge in [-0.15, -0.1) is 9.24 Å². The third-order valence-corrected chi connectivity index (χ3v) is 4.93. The molecule has 0 N–H and O–H groups in total. The van der Waals surface area contributed by atoms with Gasteiger partial charge in [0.25, 0.3) is 0 Å². The Morgan fingerprint density at radius 3 is 2.45 bits per heavy atom. The number of aromatic nitrogens is 1. The van der Waals surface area contributed by atoms with Crippen LogP contribution in [0.4, 0.5) is 0 Å². The Morgan fingerprint density at radius 2 is 1.77 bits per heavy atom. The van der Waals surface area contributed by atoms with Crippen LogP contribution in [0.1, 0.15) is 21.7 Å². The summed E-state index contributed by atoms with van der Waals surface area (Å²) < 4.78 is 1.84. The second-order valence-corrected chi connectivity index (χ2v) is 6.09. The van der Waals surface area contributed by atoms with Gasteiger partial charge in [-0.3, -0.25) is 4.79 Å². The quantitative estimate of drug-likeness (QED) is 0.477. The van der Waals surface area contributed by atoms with E-state index in [1.165, 1.54) is 0 Å². The van der Waals surface area contributed by atoms with E-state index in [9.17, 15) is 4.79 Å². The van der Waals surface area contributed by atoms with Crippen LogP contribution >= 0.6 is 20.8 Å². The van der Waals surface area contributed by atoms with Gasteiger partial charge in [-0.1, -0.05) is 66.7 Å². The highest BCUT2D eigenvalue weighted by Gasteiger charge is 2.20. The highest BCUT2D eigenvalue weighted by molar-refractivity contribution is 7.18. The lowest BCUT2D eigenvalue weighted by molar-refractivity contribution is 0.111. The first-order valence-corrected chi connectivity index (χ1v) is 7.93. The summed E-state index contributed by atoms with van der Waals surface area (Å²) in [6.45, 7) is 4.20. The summed E-state index contributed by atoms with van der Waals surface area (Å²) in [6, 6.07) is 17.7. The molecule has 2 aromatic carbocycles. The number of aldehydes is 1. The number of fused-ring (bicyclic) bond motifs is 1. The van der Waals surface area contributed by atoms with Gasteiger partial charge >= 0.3 is 0 Å². The predicted octanol–water partition coefficient (Wildman–Crippen LogP) is 5.19. The smallest absolute Gasteiger partial charge is 0.168 e. The number of halogens is 1. The maximum Gasteiger partial charge on any atom is 0.168 e. The van der Waals surface area contributed by atoms with Crippen molar-refractivity contribution in [3.05, 3.63) is 77.5 Å². The summed E-state index contributed by atoms with van der Waals surface area (Å²) in [5, 5.41) is 1.33. The summed E-state index contributed by atoms with van der Waals surface area (Å²) >= 11 is 6.36. The third kappa shape index (κ3) is 2.39. The Morgan fingerprint density at radius 1 is 1.14 bits per heavy atom. The Labute approximate surface area is 136 Å². The van der Waals surface area contributed by atoms with Gasteiger partial charge in [0.05, 0.1) is 10.5 Å². The molecule has 0 bridgehead atoms. The molecule has 2 nitrogen and oxygen atoms in total. The lowest BCUT2D eigenvalue weighted by atomic mass is 10.1. The molecule has 1 aromatic heterocycles. The summed E-state index contributed by atoms with van der Waals surface area (Å²) in [4.78, 5) is 11.5. The minimum absolute atomic E-state index is 0.00762. The largest absolute Gasteiger partial charge is 0.309 e. The van der Waals surface area contributed by atoms with Crippen LogP contribution in [0.5, 0.6) is 0 Å². The van der Waals surface area contributed by atoms with Gasteiger partial charge in [-0.05, 0) is 11.6 Å². The number of carbonyl (C=O) groups is 1. The number of rotatable bonds is 4. The summed E-state index contributed by atoms with van der Waals surface area (Å²) in [6.07, 6.45) is 0.788. The monoisotopic (exact) mass is 327 g/mol. The minimum atomic E-state index is -0.00762. The van der Waals surface area contributed by atoms with Crippen LogP contribution in [0.15, 0.2) is 61.2 Å². The molecule has 3 aromatic rings. The normalized spacial score (nSPS) is 12.3. The number of nitrogens with zero attached hydrogens (tertiary/aromatic N) is 1. The van der Waals surface area contributed by atoms with Crippen molar-refractivity contribution >= 4 is 43.7 Å². The molecule has 0 aliphatic rings. The van der Waals surface area contributed by atoms with E-state index in [0.717, 1.165) is 28.4 Å². The molecule has 4 heteroatoms. The molecule has 0 aliphatic heterocycles. The van der Waals surface area contributed by atoms with Crippen molar-refractivity contribution in [2.24, 2.45) is 0 Å². The van der Waals surface area contributed by atoms with E-state index in [-0.39, 0.29) is 5.66 Å².